The Morgan fingerprint density at radius 1 is 1.11 bits per heavy atom. The Balaban J connectivity index is 1.66. The van der Waals surface area contributed by atoms with Gasteiger partial charge in [-0.2, -0.15) is 0 Å². The average Bonchev–Trinajstić information content (AvgIpc) is 3.00. The fraction of sp³-hybridized carbons (Fsp3) is 0.846. The van der Waals surface area contributed by atoms with Crippen molar-refractivity contribution in [3.63, 3.8) is 0 Å². The fourth-order valence-electron chi connectivity index (χ4n) is 8.18. The molecule has 1 saturated carbocycles. The van der Waals surface area contributed by atoms with E-state index in [1.807, 2.05) is 0 Å². The molecular formula is C26H41IO. The third-order valence-corrected chi connectivity index (χ3v) is 10.7. The lowest BCUT2D eigenvalue weighted by atomic mass is 9.46. The smallest absolute Gasteiger partial charge is 0.0594 e. The summed E-state index contributed by atoms with van der Waals surface area (Å²) in [6, 6.07) is 0. The average molecular weight is 497 g/mol. The molecule has 0 saturated heterocycles. The van der Waals surface area contributed by atoms with Gasteiger partial charge in [0.05, 0.1) is 6.10 Å². The van der Waals surface area contributed by atoms with Gasteiger partial charge in [0.2, 0.25) is 0 Å². The van der Waals surface area contributed by atoms with Crippen LogP contribution in [0.1, 0.15) is 92.4 Å². The molecule has 4 aliphatic rings. The van der Waals surface area contributed by atoms with Crippen LogP contribution < -0.4 is 0 Å². The van der Waals surface area contributed by atoms with Crippen LogP contribution in [0.2, 0.25) is 0 Å². The van der Waals surface area contributed by atoms with Crippen molar-refractivity contribution in [3.05, 3.63) is 22.8 Å². The second kappa shape index (κ2) is 7.39. The number of allylic oxidation sites excluding steroid dienone is 4. The summed E-state index contributed by atoms with van der Waals surface area (Å²) >= 11 is 2.53. The zero-order valence-corrected chi connectivity index (χ0v) is 20.9. The molecule has 1 N–H and O–H groups in total. The number of halogens is 1. The standard InChI is InChI=1S/C26H41IO/c1-17(7-6-16-27)19-9-10-20-18-8-11-22-24(2,3)23(28)13-15-26(22,5)21(18)12-14-25(19,20)4/h10,17,19,22-23,28H,6-9,11-16H2,1-5H3/t17-,19-,22?,23+,25-,26-/m1/s1. The maximum Gasteiger partial charge on any atom is 0.0594 e. The van der Waals surface area contributed by atoms with Crippen molar-refractivity contribution in [2.24, 2.45) is 34.0 Å². The van der Waals surface area contributed by atoms with E-state index in [-0.39, 0.29) is 11.5 Å². The number of alkyl halides is 1. The molecule has 0 spiro atoms. The summed E-state index contributed by atoms with van der Waals surface area (Å²) in [4.78, 5) is 0. The first-order valence-electron chi connectivity index (χ1n) is 11.8. The summed E-state index contributed by atoms with van der Waals surface area (Å²) in [6.45, 7) is 12.3. The lowest BCUT2D eigenvalue weighted by Crippen LogP contribution is -2.53. The van der Waals surface area contributed by atoms with Gasteiger partial charge in [0.25, 0.3) is 0 Å². The minimum Gasteiger partial charge on any atom is -0.393 e. The van der Waals surface area contributed by atoms with E-state index in [0.717, 1.165) is 18.3 Å². The molecule has 158 valence electrons. The number of hydrogen-bond donors (Lipinski definition) is 1. The predicted molar refractivity (Wildman–Crippen MR) is 128 cm³/mol. The maximum atomic E-state index is 10.7. The van der Waals surface area contributed by atoms with Crippen molar-refractivity contribution >= 4 is 22.6 Å². The molecule has 0 aromatic heterocycles. The Morgan fingerprint density at radius 3 is 2.57 bits per heavy atom. The van der Waals surface area contributed by atoms with Crippen LogP contribution in [0.3, 0.4) is 0 Å². The molecule has 4 aliphatic carbocycles. The van der Waals surface area contributed by atoms with Gasteiger partial charge < -0.3 is 5.11 Å². The number of aliphatic hydroxyl groups excluding tert-OH is 1. The van der Waals surface area contributed by atoms with Crippen molar-refractivity contribution in [2.75, 3.05) is 4.43 Å². The predicted octanol–water partition coefficient (Wildman–Crippen LogP) is 7.48. The summed E-state index contributed by atoms with van der Waals surface area (Å²) in [6.07, 6.45) is 13.9. The monoisotopic (exact) mass is 496 g/mol. The molecule has 28 heavy (non-hydrogen) atoms. The van der Waals surface area contributed by atoms with E-state index in [1.165, 1.54) is 55.8 Å². The molecule has 1 fully saturated rings. The SMILES string of the molecule is C[C@H](CCCI)[C@H]1CC=C2C3=C(CC[C@@]21C)[C@@]1(C)CC[C@H](O)C(C)(C)C1CC3. The maximum absolute atomic E-state index is 10.7. The lowest BCUT2D eigenvalue weighted by Gasteiger charge is -2.59. The number of aliphatic hydroxyl groups is 1. The van der Waals surface area contributed by atoms with E-state index in [2.05, 4.69) is 63.3 Å². The first-order chi connectivity index (χ1) is 13.2. The lowest BCUT2D eigenvalue weighted by molar-refractivity contribution is -0.0905. The second-order valence-electron chi connectivity index (χ2n) is 11.5. The third kappa shape index (κ3) is 3.01. The minimum absolute atomic E-state index is 0.0484. The van der Waals surface area contributed by atoms with E-state index in [4.69, 9.17) is 0 Å². The highest BCUT2D eigenvalue weighted by molar-refractivity contribution is 14.1. The number of fused-ring (bicyclic) bond motifs is 4. The van der Waals surface area contributed by atoms with E-state index >= 15 is 0 Å². The molecule has 1 nitrogen and oxygen atoms in total. The van der Waals surface area contributed by atoms with Crippen LogP contribution in [0, 0.1) is 34.0 Å². The molecule has 0 heterocycles. The molecule has 1 unspecified atom stereocenters. The van der Waals surface area contributed by atoms with Crippen LogP contribution in [0.25, 0.3) is 0 Å². The van der Waals surface area contributed by atoms with Crippen molar-refractivity contribution in [1.29, 1.82) is 0 Å². The first-order valence-corrected chi connectivity index (χ1v) is 13.4. The highest BCUT2D eigenvalue weighted by atomic mass is 127. The molecule has 0 radical (unpaired) electrons. The molecule has 0 aliphatic heterocycles. The fourth-order valence-corrected chi connectivity index (χ4v) is 8.62. The van der Waals surface area contributed by atoms with Crippen molar-refractivity contribution in [3.8, 4) is 0 Å². The molecule has 4 rings (SSSR count). The van der Waals surface area contributed by atoms with Gasteiger partial charge in [-0.15, -0.1) is 0 Å². The van der Waals surface area contributed by atoms with E-state index in [1.54, 1.807) is 16.7 Å². The van der Waals surface area contributed by atoms with Gasteiger partial charge in [0.1, 0.15) is 0 Å². The van der Waals surface area contributed by atoms with Gasteiger partial charge in [-0.05, 0) is 107 Å². The molecule has 0 bridgehead atoms. The second-order valence-corrected chi connectivity index (χ2v) is 12.6. The Hall–Kier alpha value is 0.170. The van der Waals surface area contributed by atoms with Crippen LogP contribution in [0.5, 0.6) is 0 Å². The van der Waals surface area contributed by atoms with Crippen molar-refractivity contribution in [1.82, 2.24) is 0 Å². The largest absolute Gasteiger partial charge is 0.393 e. The summed E-state index contributed by atoms with van der Waals surface area (Å²) in [5, 5.41) is 10.7. The van der Waals surface area contributed by atoms with Crippen molar-refractivity contribution < 1.29 is 5.11 Å². The van der Waals surface area contributed by atoms with Gasteiger partial charge in [0, 0.05) is 0 Å². The zero-order chi connectivity index (χ0) is 20.3. The van der Waals surface area contributed by atoms with Gasteiger partial charge in [0.15, 0.2) is 0 Å². The zero-order valence-electron chi connectivity index (χ0n) is 18.8. The summed E-state index contributed by atoms with van der Waals surface area (Å²) in [5.41, 5.74) is 6.09. The Morgan fingerprint density at radius 2 is 1.86 bits per heavy atom. The highest BCUT2D eigenvalue weighted by Gasteiger charge is 2.57. The molecule has 2 heteroatoms. The number of hydrogen-bond acceptors (Lipinski definition) is 1. The first kappa shape index (κ1) is 21.4. The summed E-state index contributed by atoms with van der Waals surface area (Å²) < 4.78 is 1.29. The summed E-state index contributed by atoms with van der Waals surface area (Å²) in [5.74, 6) is 2.31. The molecule has 0 aromatic rings. The van der Waals surface area contributed by atoms with Gasteiger partial charge in [-0.25, -0.2) is 0 Å². The Labute approximate surface area is 187 Å². The Kier molecular flexibility index (Phi) is 5.65. The minimum atomic E-state index is -0.129. The van der Waals surface area contributed by atoms with E-state index in [9.17, 15) is 5.11 Å². The van der Waals surface area contributed by atoms with Crippen molar-refractivity contribution in [2.45, 2.75) is 98.5 Å². The topological polar surface area (TPSA) is 20.2 Å². The molecular weight excluding hydrogens is 455 g/mol. The Bertz CT molecular complexity index is 689. The van der Waals surface area contributed by atoms with Crippen LogP contribution in [-0.4, -0.2) is 15.6 Å². The molecule has 6 atom stereocenters. The normalized spacial score (nSPS) is 43.1. The van der Waals surface area contributed by atoms with Crippen LogP contribution in [-0.2, 0) is 0 Å². The van der Waals surface area contributed by atoms with Crippen LogP contribution in [0.4, 0.5) is 0 Å². The van der Waals surface area contributed by atoms with Crippen LogP contribution in [0.15, 0.2) is 22.8 Å². The van der Waals surface area contributed by atoms with E-state index in [0.29, 0.717) is 16.7 Å². The highest BCUT2D eigenvalue weighted by Crippen LogP contribution is 2.66. The molecule has 0 aromatic carbocycles. The number of rotatable bonds is 4. The van der Waals surface area contributed by atoms with Gasteiger partial charge in [-0.3, -0.25) is 0 Å². The summed E-state index contributed by atoms with van der Waals surface area (Å²) in [7, 11) is 0. The van der Waals surface area contributed by atoms with E-state index < -0.39 is 0 Å². The quantitative estimate of drug-likeness (QED) is 0.316. The molecule has 0 amide bonds. The third-order valence-electron chi connectivity index (χ3n) is 9.91. The van der Waals surface area contributed by atoms with Crippen LogP contribution >= 0.6 is 22.6 Å². The van der Waals surface area contributed by atoms with Gasteiger partial charge in [-0.1, -0.05) is 68.9 Å². The van der Waals surface area contributed by atoms with Gasteiger partial charge >= 0.3 is 0 Å².